The standard InChI is InChI=1S/C23H29FN2O2/c1-28-20-12-9-19(10-13-20)22(26-15-5-2-6-16-26)17-25-23(27)14-11-18-7-3-4-8-21(18)24/h3-4,7-10,12-13,22H,2,5-6,11,14-17H2,1H3,(H,25,27). The highest BCUT2D eigenvalue weighted by atomic mass is 19.1. The molecular formula is C23H29FN2O2. The number of nitrogens with zero attached hydrogens (tertiary/aromatic N) is 1. The first-order chi connectivity index (χ1) is 13.7. The normalized spacial score (nSPS) is 15.8. The number of likely N-dealkylation sites (tertiary alicyclic amines) is 1. The number of hydrogen-bond acceptors (Lipinski definition) is 3. The lowest BCUT2D eigenvalue weighted by Crippen LogP contribution is -2.40. The van der Waals surface area contributed by atoms with Gasteiger partial charge in [0.05, 0.1) is 13.2 Å². The molecule has 0 aliphatic carbocycles. The fourth-order valence-electron chi connectivity index (χ4n) is 3.76. The van der Waals surface area contributed by atoms with Gasteiger partial charge in [0, 0.05) is 13.0 Å². The molecule has 3 rings (SSSR count). The van der Waals surface area contributed by atoms with Gasteiger partial charge in [0.1, 0.15) is 11.6 Å². The van der Waals surface area contributed by atoms with Gasteiger partial charge in [-0.25, -0.2) is 4.39 Å². The predicted octanol–water partition coefficient (Wildman–Crippen LogP) is 4.11. The number of benzene rings is 2. The average molecular weight is 384 g/mol. The van der Waals surface area contributed by atoms with Gasteiger partial charge in [-0.05, 0) is 61.7 Å². The van der Waals surface area contributed by atoms with Gasteiger partial charge >= 0.3 is 0 Å². The van der Waals surface area contributed by atoms with Crippen LogP contribution in [-0.4, -0.2) is 37.6 Å². The maximum absolute atomic E-state index is 13.7. The predicted molar refractivity (Wildman–Crippen MR) is 109 cm³/mol. The minimum Gasteiger partial charge on any atom is -0.497 e. The van der Waals surface area contributed by atoms with Crippen molar-refractivity contribution >= 4 is 5.91 Å². The number of carbonyl (C=O) groups is 1. The van der Waals surface area contributed by atoms with Crippen LogP contribution >= 0.6 is 0 Å². The van der Waals surface area contributed by atoms with E-state index < -0.39 is 0 Å². The molecule has 1 saturated heterocycles. The molecule has 1 atom stereocenters. The number of aryl methyl sites for hydroxylation is 1. The molecule has 1 amide bonds. The summed E-state index contributed by atoms with van der Waals surface area (Å²) in [6.07, 6.45) is 4.34. The van der Waals surface area contributed by atoms with Gasteiger partial charge in [0.2, 0.25) is 5.91 Å². The van der Waals surface area contributed by atoms with Crippen LogP contribution in [0.4, 0.5) is 4.39 Å². The van der Waals surface area contributed by atoms with Gasteiger partial charge in [-0.1, -0.05) is 36.8 Å². The monoisotopic (exact) mass is 384 g/mol. The molecule has 2 aromatic carbocycles. The molecule has 0 aromatic heterocycles. The Labute approximate surface area is 166 Å². The van der Waals surface area contributed by atoms with Crippen molar-refractivity contribution in [3.8, 4) is 5.75 Å². The number of nitrogens with one attached hydrogen (secondary N) is 1. The van der Waals surface area contributed by atoms with Crippen molar-refractivity contribution in [1.82, 2.24) is 10.2 Å². The second-order valence-electron chi connectivity index (χ2n) is 7.28. The number of halogens is 1. The van der Waals surface area contributed by atoms with E-state index in [9.17, 15) is 9.18 Å². The van der Waals surface area contributed by atoms with Gasteiger partial charge < -0.3 is 10.1 Å². The fourth-order valence-corrected chi connectivity index (χ4v) is 3.76. The van der Waals surface area contributed by atoms with Crippen LogP contribution in [0.1, 0.15) is 42.9 Å². The summed E-state index contributed by atoms with van der Waals surface area (Å²) in [6.45, 7) is 2.64. The summed E-state index contributed by atoms with van der Waals surface area (Å²) < 4.78 is 19.0. The van der Waals surface area contributed by atoms with Crippen LogP contribution in [-0.2, 0) is 11.2 Å². The Kier molecular flexibility index (Phi) is 7.43. The first-order valence-corrected chi connectivity index (χ1v) is 10.1. The van der Waals surface area contributed by atoms with Crippen LogP contribution in [0.2, 0.25) is 0 Å². The minimum atomic E-state index is -0.250. The fraction of sp³-hybridized carbons (Fsp3) is 0.435. The van der Waals surface area contributed by atoms with E-state index in [1.165, 1.54) is 30.9 Å². The third-order valence-corrected chi connectivity index (χ3v) is 5.40. The smallest absolute Gasteiger partial charge is 0.220 e. The number of ether oxygens (including phenoxy) is 1. The van der Waals surface area contributed by atoms with Crippen LogP contribution in [0.3, 0.4) is 0 Å². The maximum atomic E-state index is 13.7. The summed E-state index contributed by atoms with van der Waals surface area (Å²) in [6, 6.07) is 14.8. The first kappa shape index (κ1) is 20.3. The van der Waals surface area contributed by atoms with Crippen LogP contribution in [0.15, 0.2) is 48.5 Å². The zero-order chi connectivity index (χ0) is 19.8. The Hall–Kier alpha value is -2.40. The molecule has 1 aliphatic rings. The zero-order valence-corrected chi connectivity index (χ0v) is 16.5. The third-order valence-electron chi connectivity index (χ3n) is 5.40. The molecule has 1 aliphatic heterocycles. The third kappa shape index (κ3) is 5.55. The molecule has 4 nitrogen and oxygen atoms in total. The van der Waals surface area contributed by atoms with E-state index in [0.717, 1.165) is 18.8 Å². The summed E-state index contributed by atoms with van der Waals surface area (Å²) in [7, 11) is 1.66. The lowest BCUT2D eigenvalue weighted by Gasteiger charge is -2.35. The Morgan fingerprint density at radius 3 is 2.50 bits per heavy atom. The van der Waals surface area contributed by atoms with E-state index in [2.05, 4.69) is 22.3 Å². The molecule has 150 valence electrons. The van der Waals surface area contributed by atoms with Crippen LogP contribution in [0.5, 0.6) is 5.75 Å². The zero-order valence-electron chi connectivity index (χ0n) is 16.5. The minimum absolute atomic E-state index is 0.0428. The van der Waals surface area contributed by atoms with Crippen molar-refractivity contribution in [2.75, 3.05) is 26.7 Å². The summed E-state index contributed by atoms with van der Waals surface area (Å²) in [5.41, 5.74) is 1.76. The maximum Gasteiger partial charge on any atom is 0.220 e. The van der Waals surface area contributed by atoms with Crippen molar-refractivity contribution in [1.29, 1.82) is 0 Å². The van der Waals surface area contributed by atoms with Crippen LogP contribution in [0.25, 0.3) is 0 Å². The van der Waals surface area contributed by atoms with Gasteiger partial charge in [-0.2, -0.15) is 0 Å². The Morgan fingerprint density at radius 2 is 1.82 bits per heavy atom. The van der Waals surface area contributed by atoms with Gasteiger partial charge in [0.25, 0.3) is 0 Å². The number of rotatable bonds is 8. The number of hydrogen-bond donors (Lipinski definition) is 1. The van der Waals surface area contributed by atoms with Crippen LogP contribution < -0.4 is 10.1 Å². The van der Waals surface area contributed by atoms with E-state index in [1.54, 1.807) is 25.3 Å². The van der Waals surface area contributed by atoms with Crippen molar-refractivity contribution in [2.45, 2.75) is 38.1 Å². The Bertz CT molecular complexity index is 757. The number of methoxy groups -OCH3 is 1. The SMILES string of the molecule is COc1ccc(C(CNC(=O)CCc2ccccc2F)N2CCCCC2)cc1. The molecule has 0 radical (unpaired) electrons. The molecule has 1 heterocycles. The summed E-state index contributed by atoms with van der Waals surface area (Å²) in [5.74, 6) is 0.536. The van der Waals surface area contributed by atoms with Gasteiger partial charge in [0.15, 0.2) is 0 Å². The molecule has 1 fully saturated rings. The number of piperidine rings is 1. The summed E-state index contributed by atoms with van der Waals surface area (Å²) >= 11 is 0. The topological polar surface area (TPSA) is 41.6 Å². The molecule has 0 spiro atoms. The molecular weight excluding hydrogens is 355 g/mol. The quantitative estimate of drug-likeness (QED) is 0.745. The molecule has 1 N–H and O–H groups in total. The Balaban J connectivity index is 1.60. The van der Waals surface area contributed by atoms with E-state index in [1.807, 2.05) is 12.1 Å². The number of carbonyl (C=O) groups excluding carboxylic acids is 1. The first-order valence-electron chi connectivity index (χ1n) is 10.1. The highest BCUT2D eigenvalue weighted by molar-refractivity contribution is 5.76. The number of amides is 1. The van der Waals surface area contributed by atoms with Gasteiger partial charge in [-0.3, -0.25) is 9.69 Å². The van der Waals surface area contributed by atoms with Crippen molar-refractivity contribution in [2.24, 2.45) is 0 Å². The van der Waals surface area contributed by atoms with E-state index in [-0.39, 0.29) is 24.2 Å². The Morgan fingerprint density at radius 1 is 1.11 bits per heavy atom. The van der Waals surface area contributed by atoms with Gasteiger partial charge in [-0.15, -0.1) is 0 Å². The molecule has 0 saturated carbocycles. The van der Waals surface area contributed by atoms with Crippen molar-refractivity contribution in [3.63, 3.8) is 0 Å². The lowest BCUT2D eigenvalue weighted by atomic mass is 10.0. The lowest BCUT2D eigenvalue weighted by molar-refractivity contribution is -0.121. The molecule has 1 unspecified atom stereocenters. The van der Waals surface area contributed by atoms with E-state index in [0.29, 0.717) is 18.5 Å². The molecule has 28 heavy (non-hydrogen) atoms. The molecule has 0 bridgehead atoms. The second-order valence-corrected chi connectivity index (χ2v) is 7.28. The second kappa shape index (κ2) is 10.2. The van der Waals surface area contributed by atoms with Crippen molar-refractivity contribution < 1.29 is 13.9 Å². The summed E-state index contributed by atoms with van der Waals surface area (Å²) in [4.78, 5) is 14.8. The molecule has 2 aromatic rings. The summed E-state index contributed by atoms with van der Waals surface area (Å²) in [5, 5.41) is 3.06. The van der Waals surface area contributed by atoms with Crippen molar-refractivity contribution in [3.05, 3.63) is 65.5 Å². The van der Waals surface area contributed by atoms with Crippen LogP contribution in [0, 0.1) is 5.82 Å². The average Bonchev–Trinajstić information content (AvgIpc) is 2.74. The van der Waals surface area contributed by atoms with E-state index >= 15 is 0 Å². The highest BCUT2D eigenvalue weighted by Crippen LogP contribution is 2.26. The highest BCUT2D eigenvalue weighted by Gasteiger charge is 2.23. The van der Waals surface area contributed by atoms with E-state index in [4.69, 9.17) is 4.74 Å². The largest absolute Gasteiger partial charge is 0.497 e. The molecule has 5 heteroatoms.